The van der Waals surface area contributed by atoms with Gasteiger partial charge in [0.15, 0.2) is 0 Å². The Balaban J connectivity index is 1.57. The molecule has 1 amide bonds. The molecule has 8 heteroatoms. The molecule has 4 rings (SSSR count). The van der Waals surface area contributed by atoms with E-state index in [9.17, 15) is 14.4 Å². The summed E-state index contributed by atoms with van der Waals surface area (Å²) < 4.78 is 20.8. The molecule has 1 aliphatic heterocycles. The zero-order valence-electron chi connectivity index (χ0n) is 18.9. The van der Waals surface area contributed by atoms with Crippen LogP contribution in [0.4, 0.5) is 15.0 Å². The van der Waals surface area contributed by atoms with E-state index in [1.807, 2.05) is 26.8 Å². The summed E-state index contributed by atoms with van der Waals surface area (Å²) in [4.78, 5) is 14.2. The monoisotopic (exact) mass is 439 g/mol. The number of rotatable bonds is 2. The molecule has 0 saturated carbocycles. The number of carbonyl (C=O) groups is 1. The van der Waals surface area contributed by atoms with Gasteiger partial charge in [0, 0.05) is 19.0 Å². The van der Waals surface area contributed by atoms with E-state index in [0.29, 0.717) is 36.6 Å². The van der Waals surface area contributed by atoms with Gasteiger partial charge in [-0.15, -0.1) is 0 Å². The van der Waals surface area contributed by atoms with Gasteiger partial charge in [-0.2, -0.15) is 10.4 Å². The lowest BCUT2D eigenvalue weighted by atomic mass is 9.81. The van der Waals surface area contributed by atoms with Gasteiger partial charge in [0.1, 0.15) is 28.9 Å². The van der Waals surface area contributed by atoms with Crippen LogP contribution >= 0.6 is 0 Å². The highest BCUT2D eigenvalue weighted by Gasteiger charge is 2.33. The number of halogens is 1. The Morgan fingerprint density at radius 2 is 2.09 bits per heavy atom. The van der Waals surface area contributed by atoms with Gasteiger partial charge in [-0.05, 0) is 76.1 Å². The molecule has 2 aliphatic rings. The molecule has 1 fully saturated rings. The molecule has 32 heavy (non-hydrogen) atoms. The number of aryl methyl sites for hydroxylation is 1. The van der Waals surface area contributed by atoms with Crippen molar-refractivity contribution in [2.24, 2.45) is 0 Å². The van der Waals surface area contributed by atoms with Crippen LogP contribution in [0.5, 0.6) is 0 Å². The average molecular weight is 440 g/mol. The van der Waals surface area contributed by atoms with Crippen molar-refractivity contribution in [3.8, 4) is 6.07 Å². The van der Waals surface area contributed by atoms with Gasteiger partial charge in [0.2, 0.25) is 0 Å². The molecule has 2 aromatic rings. The summed E-state index contributed by atoms with van der Waals surface area (Å²) in [5.41, 5.74) is 9.05. The average Bonchev–Trinajstić information content (AvgIpc) is 3.08. The van der Waals surface area contributed by atoms with E-state index >= 15 is 0 Å². The largest absolute Gasteiger partial charge is 0.444 e. The molecule has 0 bridgehead atoms. The number of nitrogens with two attached hydrogens (primary N) is 1. The van der Waals surface area contributed by atoms with Crippen molar-refractivity contribution < 1.29 is 13.9 Å². The zero-order valence-corrected chi connectivity index (χ0v) is 18.9. The molecule has 2 N–H and O–H groups in total. The normalized spacial score (nSPS) is 21.0. The van der Waals surface area contributed by atoms with Gasteiger partial charge < -0.3 is 15.4 Å². The molecule has 2 unspecified atom stereocenters. The number of ether oxygens (including phenoxy) is 1. The van der Waals surface area contributed by atoms with E-state index in [-0.39, 0.29) is 23.9 Å². The third-order valence-corrected chi connectivity index (χ3v) is 6.26. The van der Waals surface area contributed by atoms with Crippen molar-refractivity contribution in [3.05, 3.63) is 46.4 Å². The van der Waals surface area contributed by atoms with Gasteiger partial charge in [-0.1, -0.05) is 6.07 Å². The number of nitriles is 1. The van der Waals surface area contributed by atoms with Crippen LogP contribution < -0.4 is 5.73 Å². The molecule has 7 nitrogen and oxygen atoms in total. The van der Waals surface area contributed by atoms with E-state index in [4.69, 9.17) is 15.6 Å². The number of amides is 1. The molecular weight excluding hydrogens is 409 g/mol. The Kier molecular flexibility index (Phi) is 5.85. The molecule has 1 aromatic carbocycles. The van der Waals surface area contributed by atoms with Crippen LogP contribution in [0.15, 0.2) is 18.2 Å². The number of nitrogens with zero attached hydrogens (tertiary/aromatic N) is 4. The van der Waals surface area contributed by atoms with Crippen LogP contribution in [-0.4, -0.2) is 39.5 Å². The van der Waals surface area contributed by atoms with Crippen LogP contribution in [0.25, 0.3) is 0 Å². The predicted octanol–water partition coefficient (Wildman–Crippen LogP) is 4.32. The van der Waals surface area contributed by atoms with Gasteiger partial charge in [-0.25, -0.2) is 13.9 Å². The van der Waals surface area contributed by atoms with Crippen molar-refractivity contribution in [1.29, 1.82) is 5.26 Å². The first-order valence-corrected chi connectivity index (χ1v) is 11.2. The maximum absolute atomic E-state index is 13.6. The Labute approximate surface area is 187 Å². The van der Waals surface area contributed by atoms with E-state index in [1.54, 1.807) is 15.6 Å². The third kappa shape index (κ3) is 4.43. The first-order valence-electron chi connectivity index (χ1n) is 11.2. The number of aromatic nitrogens is 2. The summed E-state index contributed by atoms with van der Waals surface area (Å²) in [5.74, 6) is 0.181. The van der Waals surface area contributed by atoms with E-state index < -0.39 is 5.60 Å². The number of hydrogen-bond acceptors (Lipinski definition) is 5. The standard InChI is InChI=1S/C24H30FN5O2/c1-24(2,3)32-23(31)29-10-4-5-19(14-29)30-22(27)20(13-26)21(28-30)17-7-6-16-12-18(25)9-8-15(16)11-17/h8-9,12,17,19H,4-7,10-11,14,27H2,1-3H3. The zero-order chi connectivity index (χ0) is 23.0. The summed E-state index contributed by atoms with van der Waals surface area (Å²) in [6.45, 7) is 6.61. The number of anilines is 1. The highest BCUT2D eigenvalue weighted by atomic mass is 19.1. The predicted molar refractivity (Wildman–Crippen MR) is 119 cm³/mol. The number of piperidine rings is 1. The van der Waals surface area contributed by atoms with E-state index in [0.717, 1.165) is 36.8 Å². The number of hydrogen-bond donors (Lipinski definition) is 1. The maximum atomic E-state index is 13.6. The Bertz CT molecular complexity index is 1070. The Morgan fingerprint density at radius 3 is 2.81 bits per heavy atom. The summed E-state index contributed by atoms with van der Waals surface area (Å²) in [6.07, 6.45) is 3.52. The van der Waals surface area contributed by atoms with E-state index in [1.165, 1.54) is 6.07 Å². The lowest BCUT2D eigenvalue weighted by Gasteiger charge is -2.34. The van der Waals surface area contributed by atoms with Gasteiger partial charge >= 0.3 is 6.09 Å². The molecule has 2 heterocycles. The lowest BCUT2D eigenvalue weighted by molar-refractivity contribution is 0.0168. The number of likely N-dealkylation sites (tertiary alicyclic amines) is 1. The molecule has 2 atom stereocenters. The molecule has 170 valence electrons. The number of benzene rings is 1. The van der Waals surface area contributed by atoms with Crippen LogP contribution in [0.2, 0.25) is 0 Å². The second kappa shape index (κ2) is 8.45. The van der Waals surface area contributed by atoms with E-state index in [2.05, 4.69) is 6.07 Å². The highest BCUT2D eigenvalue weighted by Crippen LogP contribution is 2.37. The first-order chi connectivity index (χ1) is 15.2. The van der Waals surface area contributed by atoms with Crippen molar-refractivity contribution >= 4 is 11.9 Å². The molecule has 0 radical (unpaired) electrons. The Morgan fingerprint density at radius 1 is 1.31 bits per heavy atom. The summed E-state index contributed by atoms with van der Waals surface area (Å²) in [6, 6.07) is 7.03. The van der Waals surface area contributed by atoms with Crippen molar-refractivity contribution in [2.45, 2.75) is 70.4 Å². The minimum absolute atomic E-state index is 0.0525. The minimum atomic E-state index is -0.559. The minimum Gasteiger partial charge on any atom is -0.444 e. The fourth-order valence-electron chi connectivity index (χ4n) is 4.75. The fraction of sp³-hybridized carbons (Fsp3) is 0.542. The van der Waals surface area contributed by atoms with Crippen LogP contribution in [-0.2, 0) is 17.6 Å². The highest BCUT2D eigenvalue weighted by molar-refractivity contribution is 5.68. The molecule has 1 saturated heterocycles. The van der Waals surface area contributed by atoms with Crippen LogP contribution in [0, 0.1) is 17.1 Å². The van der Waals surface area contributed by atoms with Gasteiger partial charge in [0.25, 0.3) is 0 Å². The second-order valence-corrected chi connectivity index (χ2v) is 9.78. The van der Waals surface area contributed by atoms with Gasteiger partial charge in [0.05, 0.1) is 11.7 Å². The molecule has 1 aromatic heterocycles. The Hall–Kier alpha value is -3.08. The quantitative estimate of drug-likeness (QED) is 0.752. The van der Waals surface area contributed by atoms with Crippen molar-refractivity contribution in [2.75, 3.05) is 18.8 Å². The fourth-order valence-corrected chi connectivity index (χ4v) is 4.75. The smallest absolute Gasteiger partial charge is 0.410 e. The van der Waals surface area contributed by atoms with Crippen LogP contribution in [0.1, 0.15) is 74.4 Å². The van der Waals surface area contributed by atoms with Crippen molar-refractivity contribution in [3.63, 3.8) is 0 Å². The molecule has 1 aliphatic carbocycles. The third-order valence-electron chi connectivity index (χ3n) is 6.26. The molecule has 0 spiro atoms. The van der Waals surface area contributed by atoms with Crippen molar-refractivity contribution in [1.82, 2.24) is 14.7 Å². The van der Waals surface area contributed by atoms with Gasteiger partial charge in [-0.3, -0.25) is 0 Å². The second-order valence-electron chi connectivity index (χ2n) is 9.78. The number of nitrogen functional groups attached to an aromatic ring is 1. The number of carbonyl (C=O) groups excluding carboxylic acids is 1. The van der Waals surface area contributed by atoms with Crippen LogP contribution in [0.3, 0.4) is 0 Å². The SMILES string of the molecule is CC(C)(C)OC(=O)N1CCCC(n2nc(C3CCc4cc(F)ccc4C3)c(C#N)c2N)C1. The maximum Gasteiger partial charge on any atom is 0.410 e. The lowest BCUT2D eigenvalue weighted by Crippen LogP contribution is -2.43. The molecular formula is C24H30FN5O2. The summed E-state index contributed by atoms with van der Waals surface area (Å²) in [7, 11) is 0. The first kappa shape index (κ1) is 22.1. The summed E-state index contributed by atoms with van der Waals surface area (Å²) in [5, 5.41) is 14.6. The number of fused-ring (bicyclic) bond motifs is 1. The summed E-state index contributed by atoms with van der Waals surface area (Å²) >= 11 is 0. The topological polar surface area (TPSA) is 97.2 Å².